The number of sulfonamides is 1. The summed E-state index contributed by atoms with van der Waals surface area (Å²) in [5.74, 6) is -32.2. The SMILES string of the molecule is O=S(NS(=O)(=O)c1ccccc1)C(F)(F)C(F)(F)C(F)(F)C(F)(F)C(F)(F)C(F)(F)F. The fourth-order valence-electron chi connectivity index (χ4n) is 1.67. The molecule has 1 aromatic rings. The first-order valence-corrected chi connectivity index (χ1v) is 9.57. The molecule has 0 aliphatic rings. The molecule has 0 aromatic heterocycles. The van der Waals surface area contributed by atoms with Gasteiger partial charge >= 0.3 is 35.1 Å². The first-order valence-electron chi connectivity index (χ1n) is 6.93. The van der Waals surface area contributed by atoms with Crippen molar-refractivity contribution in [2.24, 2.45) is 0 Å². The van der Waals surface area contributed by atoms with Gasteiger partial charge in [0.2, 0.25) is 0 Å². The topological polar surface area (TPSA) is 63.2 Å². The third-order valence-electron chi connectivity index (χ3n) is 3.38. The number of halogens is 13. The van der Waals surface area contributed by atoms with E-state index in [0.29, 0.717) is 12.1 Å². The van der Waals surface area contributed by atoms with Crippen molar-refractivity contribution in [3.8, 4) is 0 Å². The van der Waals surface area contributed by atoms with Crippen LogP contribution in [0.5, 0.6) is 0 Å². The monoisotopic (exact) mass is 523 g/mol. The van der Waals surface area contributed by atoms with E-state index in [-0.39, 0.29) is 4.13 Å². The maximum Gasteiger partial charge on any atom is 0.460 e. The van der Waals surface area contributed by atoms with Crippen molar-refractivity contribution in [3.05, 3.63) is 30.3 Å². The maximum absolute atomic E-state index is 13.6. The van der Waals surface area contributed by atoms with Gasteiger partial charge in [-0.05, 0) is 12.1 Å². The zero-order chi connectivity index (χ0) is 24.9. The van der Waals surface area contributed by atoms with Gasteiger partial charge in [-0.15, -0.1) is 4.13 Å². The average Bonchev–Trinajstić information content (AvgIpc) is 2.60. The molecular formula is C12H6F13NO3S2. The highest BCUT2D eigenvalue weighted by Crippen LogP contribution is 2.60. The molecule has 0 spiro atoms. The molecule has 1 unspecified atom stereocenters. The summed E-state index contributed by atoms with van der Waals surface area (Å²) in [5.41, 5.74) is 0. The molecule has 19 heteroatoms. The summed E-state index contributed by atoms with van der Waals surface area (Å²) in [4.78, 5) is -1.07. The van der Waals surface area contributed by atoms with Crippen LogP contribution in [0.2, 0.25) is 0 Å². The van der Waals surface area contributed by atoms with E-state index in [1.54, 1.807) is 0 Å². The minimum atomic E-state index is -8.19. The van der Waals surface area contributed by atoms with E-state index in [0.717, 1.165) is 18.2 Å². The fourth-order valence-corrected chi connectivity index (χ4v) is 4.15. The van der Waals surface area contributed by atoms with Gasteiger partial charge in [-0.2, -0.15) is 57.1 Å². The zero-order valence-electron chi connectivity index (χ0n) is 13.8. The second kappa shape index (κ2) is 7.75. The molecule has 180 valence electrons. The van der Waals surface area contributed by atoms with Gasteiger partial charge in [0.05, 0.1) is 4.90 Å². The average molecular weight is 523 g/mol. The molecule has 0 radical (unpaired) electrons. The van der Waals surface area contributed by atoms with Crippen LogP contribution in [0.4, 0.5) is 57.1 Å². The van der Waals surface area contributed by atoms with Gasteiger partial charge in [-0.25, -0.2) is 12.6 Å². The molecule has 4 nitrogen and oxygen atoms in total. The van der Waals surface area contributed by atoms with Crippen LogP contribution in [0.1, 0.15) is 0 Å². The quantitative estimate of drug-likeness (QED) is 0.517. The first-order chi connectivity index (χ1) is 13.5. The minimum absolute atomic E-state index is 0.238. The molecule has 1 atom stereocenters. The van der Waals surface area contributed by atoms with Crippen molar-refractivity contribution in [3.63, 3.8) is 0 Å². The van der Waals surface area contributed by atoms with E-state index in [1.807, 2.05) is 0 Å². The molecule has 1 N–H and O–H groups in total. The Balaban J connectivity index is 3.44. The van der Waals surface area contributed by atoms with Gasteiger partial charge in [0.1, 0.15) is 0 Å². The van der Waals surface area contributed by atoms with Crippen molar-refractivity contribution >= 4 is 21.0 Å². The summed E-state index contributed by atoms with van der Waals surface area (Å²) >= 11 is 0. The molecule has 0 aliphatic carbocycles. The van der Waals surface area contributed by atoms with Crippen LogP contribution in [0, 0.1) is 0 Å². The van der Waals surface area contributed by atoms with Gasteiger partial charge in [0, 0.05) is 0 Å². The van der Waals surface area contributed by atoms with Crippen LogP contribution >= 0.6 is 0 Å². The Bertz CT molecular complexity index is 929. The lowest BCUT2D eigenvalue weighted by Gasteiger charge is -2.39. The molecule has 0 bridgehead atoms. The Morgan fingerprint density at radius 2 is 1.03 bits per heavy atom. The lowest BCUT2D eigenvalue weighted by molar-refractivity contribution is -0.433. The van der Waals surface area contributed by atoms with Crippen LogP contribution in [0.3, 0.4) is 0 Å². The van der Waals surface area contributed by atoms with Gasteiger partial charge < -0.3 is 0 Å². The van der Waals surface area contributed by atoms with E-state index in [9.17, 15) is 69.7 Å². The van der Waals surface area contributed by atoms with Gasteiger partial charge in [0.15, 0.2) is 11.0 Å². The van der Waals surface area contributed by atoms with Crippen molar-refractivity contribution in [1.82, 2.24) is 4.13 Å². The summed E-state index contributed by atoms with van der Waals surface area (Å²) in [5, 5.41) is -7.11. The summed E-state index contributed by atoms with van der Waals surface area (Å²) < 4.78 is 203. The van der Waals surface area contributed by atoms with Crippen molar-refractivity contribution in [1.29, 1.82) is 0 Å². The Kier molecular flexibility index (Phi) is 6.85. The lowest BCUT2D eigenvalue weighted by Crippen LogP contribution is -2.71. The number of hydrogen-bond acceptors (Lipinski definition) is 3. The third kappa shape index (κ3) is 4.22. The normalized spacial score (nSPS) is 16.3. The highest BCUT2D eigenvalue weighted by molar-refractivity contribution is 8.02. The van der Waals surface area contributed by atoms with Crippen LogP contribution < -0.4 is 4.13 Å². The highest BCUT2D eigenvalue weighted by atomic mass is 32.3. The largest absolute Gasteiger partial charge is 0.460 e. The zero-order valence-corrected chi connectivity index (χ0v) is 15.5. The Morgan fingerprint density at radius 3 is 1.42 bits per heavy atom. The summed E-state index contributed by atoms with van der Waals surface area (Å²) in [6, 6.07) is 4.14. The Hall–Kier alpha value is -1.63. The number of rotatable bonds is 8. The second-order valence-corrected chi connectivity index (χ2v) is 8.68. The fraction of sp³-hybridized carbons (Fsp3) is 0.500. The van der Waals surface area contributed by atoms with E-state index in [1.165, 1.54) is 0 Å². The van der Waals surface area contributed by atoms with Gasteiger partial charge in [0.25, 0.3) is 10.0 Å². The maximum atomic E-state index is 13.6. The molecule has 0 saturated carbocycles. The van der Waals surface area contributed by atoms with E-state index in [4.69, 9.17) is 0 Å². The van der Waals surface area contributed by atoms with Crippen molar-refractivity contribution < 1.29 is 69.7 Å². The van der Waals surface area contributed by atoms with E-state index < -0.39 is 61.0 Å². The smallest absolute Gasteiger partial charge is 0.235 e. The molecule has 0 aliphatic heterocycles. The molecule has 0 amide bonds. The molecule has 31 heavy (non-hydrogen) atoms. The third-order valence-corrected chi connectivity index (χ3v) is 6.47. The van der Waals surface area contributed by atoms with Crippen molar-refractivity contribution in [2.45, 2.75) is 40.0 Å². The number of nitrogens with one attached hydrogen (secondary N) is 1. The van der Waals surface area contributed by atoms with E-state index >= 15 is 0 Å². The Labute approximate surface area is 166 Å². The minimum Gasteiger partial charge on any atom is -0.235 e. The molecular weight excluding hydrogens is 517 g/mol. The first kappa shape index (κ1) is 27.4. The van der Waals surface area contributed by atoms with Crippen molar-refractivity contribution in [2.75, 3.05) is 0 Å². The van der Waals surface area contributed by atoms with Crippen LogP contribution in [-0.2, 0) is 21.0 Å². The molecule has 1 rings (SSSR count). The predicted octanol–water partition coefficient (Wildman–Crippen LogP) is 4.32. The number of benzene rings is 1. The highest BCUT2D eigenvalue weighted by Gasteiger charge is 2.91. The summed E-state index contributed by atoms with van der Waals surface area (Å²) in [7, 11) is -10.7. The second-order valence-electron chi connectivity index (χ2n) is 5.48. The summed E-state index contributed by atoms with van der Waals surface area (Å²) in [6.07, 6.45) is -7.60. The van der Waals surface area contributed by atoms with Crippen LogP contribution in [-0.4, -0.2) is 47.7 Å². The number of hydrogen-bond donors (Lipinski definition) is 1. The standard InChI is InChI=1S/C12H6F13NO3S2/c13-7(14,9(17,18)11(21,22)23)8(15,16)10(19,20)12(24,25)30(27)26-31(28,29)6-4-2-1-3-5-6/h1-5,26H. The van der Waals surface area contributed by atoms with E-state index in [2.05, 4.69) is 0 Å². The van der Waals surface area contributed by atoms with Gasteiger partial charge in [-0.3, -0.25) is 0 Å². The lowest BCUT2D eigenvalue weighted by atomic mass is 9.98. The predicted molar refractivity (Wildman–Crippen MR) is 75.7 cm³/mol. The molecule has 0 fully saturated rings. The summed E-state index contributed by atoms with van der Waals surface area (Å²) in [6.45, 7) is 0. The molecule has 1 aromatic carbocycles. The number of alkyl halides is 13. The van der Waals surface area contributed by atoms with Crippen LogP contribution in [0.25, 0.3) is 0 Å². The van der Waals surface area contributed by atoms with Gasteiger partial charge in [-0.1, -0.05) is 18.2 Å². The van der Waals surface area contributed by atoms with Crippen LogP contribution in [0.15, 0.2) is 35.2 Å². The molecule has 0 saturated heterocycles. The molecule has 0 heterocycles. The Morgan fingerprint density at radius 1 is 0.645 bits per heavy atom.